The van der Waals surface area contributed by atoms with Gasteiger partial charge >= 0.3 is 0 Å². The maximum atomic E-state index is 13.6. The quantitative estimate of drug-likeness (QED) is 0.828. The summed E-state index contributed by atoms with van der Waals surface area (Å²) in [5.74, 6) is -0.368. The SMILES string of the molecule is CC(Cc1ccc(Br)cc1)NCC(O)c1ccccc1F. The molecule has 0 aliphatic carbocycles. The summed E-state index contributed by atoms with van der Waals surface area (Å²) in [5.41, 5.74) is 1.56. The molecule has 2 aromatic carbocycles. The second kappa shape index (κ2) is 7.69. The van der Waals surface area contributed by atoms with Crippen LogP contribution in [0.2, 0.25) is 0 Å². The molecule has 21 heavy (non-hydrogen) atoms. The zero-order valence-electron chi connectivity index (χ0n) is 11.9. The molecule has 0 aliphatic heterocycles. The van der Waals surface area contributed by atoms with Crippen LogP contribution in [0.4, 0.5) is 4.39 Å². The van der Waals surface area contributed by atoms with E-state index in [1.165, 1.54) is 11.6 Å². The average molecular weight is 352 g/mol. The Hall–Kier alpha value is -1.23. The minimum Gasteiger partial charge on any atom is -0.387 e. The minimum absolute atomic E-state index is 0.201. The average Bonchev–Trinajstić information content (AvgIpc) is 2.48. The first-order chi connectivity index (χ1) is 10.1. The maximum absolute atomic E-state index is 13.6. The van der Waals surface area contributed by atoms with E-state index in [0.29, 0.717) is 12.1 Å². The zero-order chi connectivity index (χ0) is 15.2. The van der Waals surface area contributed by atoms with Gasteiger partial charge in [-0.25, -0.2) is 4.39 Å². The van der Waals surface area contributed by atoms with Crippen LogP contribution < -0.4 is 5.32 Å². The normalized spacial score (nSPS) is 13.9. The Bertz CT molecular complexity index is 573. The first-order valence-corrected chi connectivity index (χ1v) is 7.76. The number of aliphatic hydroxyl groups is 1. The summed E-state index contributed by atoms with van der Waals surface area (Å²) in [4.78, 5) is 0. The lowest BCUT2D eigenvalue weighted by Gasteiger charge is -2.18. The van der Waals surface area contributed by atoms with E-state index >= 15 is 0 Å². The van der Waals surface area contributed by atoms with Crippen molar-refractivity contribution in [3.8, 4) is 0 Å². The fourth-order valence-electron chi connectivity index (χ4n) is 2.21. The summed E-state index contributed by atoms with van der Waals surface area (Å²) in [6.45, 7) is 2.38. The molecule has 0 radical (unpaired) electrons. The molecular weight excluding hydrogens is 333 g/mol. The van der Waals surface area contributed by atoms with E-state index < -0.39 is 6.10 Å². The molecule has 0 amide bonds. The van der Waals surface area contributed by atoms with Gasteiger partial charge in [0.2, 0.25) is 0 Å². The Kier molecular flexibility index (Phi) is 5.91. The van der Waals surface area contributed by atoms with Gasteiger partial charge in [0.1, 0.15) is 5.82 Å². The first-order valence-electron chi connectivity index (χ1n) is 6.96. The molecule has 2 unspecified atom stereocenters. The summed E-state index contributed by atoms with van der Waals surface area (Å²) in [6, 6.07) is 14.7. The second-order valence-corrected chi connectivity index (χ2v) is 6.09. The van der Waals surface area contributed by atoms with Gasteiger partial charge in [0.05, 0.1) is 6.10 Å². The van der Waals surface area contributed by atoms with E-state index in [2.05, 4.69) is 40.3 Å². The maximum Gasteiger partial charge on any atom is 0.129 e. The highest BCUT2D eigenvalue weighted by Crippen LogP contribution is 2.16. The van der Waals surface area contributed by atoms with Crippen LogP contribution in [0.1, 0.15) is 24.2 Å². The van der Waals surface area contributed by atoms with Crippen molar-refractivity contribution in [3.63, 3.8) is 0 Å². The molecule has 0 bridgehead atoms. The number of rotatable bonds is 6. The van der Waals surface area contributed by atoms with Gasteiger partial charge < -0.3 is 10.4 Å². The Morgan fingerprint density at radius 2 is 1.81 bits per heavy atom. The van der Waals surface area contributed by atoms with Gasteiger partial charge in [-0.15, -0.1) is 0 Å². The lowest BCUT2D eigenvalue weighted by atomic mass is 10.1. The molecule has 0 fully saturated rings. The van der Waals surface area contributed by atoms with Crippen molar-refractivity contribution in [2.75, 3.05) is 6.54 Å². The molecule has 0 saturated heterocycles. The van der Waals surface area contributed by atoms with Crippen molar-refractivity contribution in [1.29, 1.82) is 0 Å². The van der Waals surface area contributed by atoms with Crippen LogP contribution in [0.3, 0.4) is 0 Å². The highest BCUT2D eigenvalue weighted by atomic mass is 79.9. The number of hydrogen-bond donors (Lipinski definition) is 2. The van der Waals surface area contributed by atoms with Crippen LogP contribution in [0.5, 0.6) is 0 Å². The summed E-state index contributed by atoms with van der Waals surface area (Å²) < 4.78 is 14.6. The van der Waals surface area contributed by atoms with Gasteiger partial charge in [0, 0.05) is 22.6 Å². The smallest absolute Gasteiger partial charge is 0.129 e. The van der Waals surface area contributed by atoms with Crippen molar-refractivity contribution in [2.45, 2.75) is 25.5 Å². The fraction of sp³-hybridized carbons (Fsp3) is 0.294. The second-order valence-electron chi connectivity index (χ2n) is 5.18. The van der Waals surface area contributed by atoms with Gasteiger partial charge in [0.15, 0.2) is 0 Å². The molecule has 2 aromatic rings. The minimum atomic E-state index is -0.835. The van der Waals surface area contributed by atoms with Gasteiger partial charge in [-0.1, -0.05) is 46.3 Å². The predicted molar refractivity (Wildman–Crippen MR) is 86.7 cm³/mol. The standard InChI is InChI=1S/C17H19BrFNO/c1-12(10-13-6-8-14(18)9-7-13)20-11-17(21)15-4-2-3-5-16(15)19/h2-9,12,17,20-21H,10-11H2,1H3. The summed E-state index contributed by atoms with van der Waals surface area (Å²) in [7, 11) is 0. The lowest BCUT2D eigenvalue weighted by molar-refractivity contribution is 0.166. The third kappa shape index (κ3) is 4.92. The highest BCUT2D eigenvalue weighted by molar-refractivity contribution is 9.10. The molecule has 2 N–H and O–H groups in total. The van der Waals surface area contributed by atoms with Crippen LogP contribution in [-0.2, 0) is 6.42 Å². The van der Waals surface area contributed by atoms with Crippen molar-refractivity contribution in [1.82, 2.24) is 5.32 Å². The van der Waals surface area contributed by atoms with Crippen molar-refractivity contribution >= 4 is 15.9 Å². The van der Waals surface area contributed by atoms with Gasteiger partial charge in [-0.3, -0.25) is 0 Å². The molecule has 0 spiro atoms. The predicted octanol–water partition coefficient (Wildman–Crippen LogP) is 3.84. The molecule has 4 heteroatoms. The molecular formula is C17H19BrFNO. The van der Waals surface area contributed by atoms with Gasteiger partial charge in [-0.2, -0.15) is 0 Å². The number of benzene rings is 2. The van der Waals surface area contributed by atoms with Crippen LogP contribution in [0, 0.1) is 5.82 Å². The molecule has 112 valence electrons. The largest absolute Gasteiger partial charge is 0.387 e. The Labute approximate surface area is 133 Å². The van der Waals surface area contributed by atoms with Crippen LogP contribution in [0.15, 0.2) is 53.0 Å². The monoisotopic (exact) mass is 351 g/mol. The number of hydrogen-bond acceptors (Lipinski definition) is 2. The number of aliphatic hydroxyl groups excluding tert-OH is 1. The van der Waals surface area contributed by atoms with Crippen LogP contribution in [-0.4, -0.2) is 17.7 Å². The first kappa shape index (κ1) is 16.1. The zero-order valence-corrected chi connectivity index (χ0v) is 13.5. The van der Waals surface area contributed by atoms with Crippen molar-refractivity contribution in [2.24, 2.45) is 0 Å². The lowest BCUT2D eigenvalue weighted by Crippen LogP contribution is -2.32. The molecule has 2 nitrogen and oxygen atoms in total. The Morgan fingerprint density at radius 3 is 2.48 bits per heavy atom. The van der Waals surface area contributed by atoms with E-state index in [-0.39, 0.29) is 11.9 Å². The Morgan fingerprint density at radius 1 is 1.14 bits per heavy atom. The van der Waals surface area contributed by atoms with E-state index in [1.807, 2.05) is 12.1 Å². The molecule has 0 heterocycles. The van der Waals surface area contributed by atoms with Crippen molar-refractivity contribution < 1.29 is 9.50 Å². The van der Waals surface area contributed by atoms with Crippen LogP contribution in [0.25, 0.3) is 0 Å². The Balaban J connectivity index is 1.85. The third-order valence-corrected chi connectivity index (χ3v) is 3.91. The summed E-state index contributed by atoms with van der Waals surface area (Å²) in [5, 5.41) is 13.3. The fourth-order valence-corrected chi connectivity index (χ4v) is 2.48. The van der Waals surface area contributed by atoms with E-state index in [0.717, 1.165) is 10.9 Å². The highest BCUT2D eigenvalue weighted by Gasteiger charge is 2.13. The molecule has 2 rings (SSSR count). The van der Waals surface area contributed by atoms with E-state index in [1.54, 1.807) is 18.2 Å². The van der Waals surface area contributed by atoms with Crippen molar-refractivity contribution in [3.05, 3.63) is 69.9 Å². The number of nitrogens with one attached hydrogen (secondary N) is 1. The molecule has 0 saturated carbocycles. The summed E-state index contributed by atoms with van der Waals surface area (Å²) in [6.07, 6.45) is 0.0237. The molecule has 2 atom stereocenters. The van der Waals surface area contributed by atoms with E-state index in [9.17, 15) is 9.50 Å². The van der Waals surface area contributed by atoms with Gasteiger partial charge in [0.25, 0.3) is 0 Å². The summed E-state index contributed by atoms with van der Waals surface area (Å²) >= 11 is 3.41. The molecule has 0 aliphatic rings. The van der Waals surface area contributed by atoms with Crippen LogP contribution >= 0.6 is 15.9 Å². The number of halogens is 2. The van der Waals surface area contributed by atoms with Gasteiger partial charge in [-0.05, 0) is 37.1 Å². The third-order valence-electron chi connectivity index (χ3n) is 3.38. The topological polar surface area (TPSA) is 32.3 Å². The van der Waals surface area contributed by atoms with E-state index in [4.69, 9.17) is 0 Å². The molecule has 0 aromatic heterocycles.